The van der Waals surface area contributed by atoms with E-state index in [-0.39, 0.29) is 27.0 Å². The number of azo groups is 2. The minimum Gasteiger partial charge on any atom is -0.505 e. The Balaban J connectivity index is 1.42. The van der Waals surface area contributed by atoms with Gasteiger partial charge in [-0.15, -0.1) is 15.3 Å². The lowest BCUT2D eigenvalue weighted by atomic mass is 10.1. The van der Waals surface area contributed by atoms with Crippen LogP contribution in [0.15, 0.2) is 120 Å². The summed E-state index contributed by atoms with van der Waals surface area (Å²) < 4.78 is 100. The maximum atomic E-state index is 12.3. The Kier molecular flexibility index (Phi) is 7.90. The van der Waals surface area contributed by atoms with Gasteiger partial charge in [0.1, 0.15) is 26.1 Å². The van der Waals surface area contributed by atoms with Gasteiger partial charge in [-0.1, -0.05) is 18.2 Å². The summed E-state index contributed by atoms with van der Waals surface area (Å²) in [5.41, 5.74) is 5.69. The average Bonchev–Trinajstić information content (AvgIpc) is 3.01. The van der Waals surface area contributed by atoms with E-state index >= 15 is 0 Å². The number of aromatic hydroxyl groups is 1. The van der Waals surface area contributed by atoms with Crippen molar-refractivity contribution in [3.05, 3.63) is 85.1 Å². The average molecular weight is 709 g/mol. The summed E-state index contributed by atoms with van der Waals surface area (Å²) >= 11 is 0. The lowest BCUT2D eigenvalue weighted by molar-refractivity contribution is 0.472. The van der Waals surface area contributed by atoms with E-state index < -0.39 is 57.3 Å². The highest BCUT2D eigenvalue weighted by atomic mass is 32.2. The Morgan fingerprint density at radius 1 is 0.583 bits per heavy atom. The molecule has 1 heterocycles. The molecule has 19 heteroatoms. The fourth-order valence-electron chi connectivity index (χ4n) is 4.96. The SMILES string of the molecule is Nc1cc2c(O)c(/N=N/c3ccc(/N=N/c4ccc5c(S(=O)(=O)O)cccc5c4)c4ncccc34)c(S(=O)(=O)O)cc2cc1S(=O)(=O)O. The zero-order chi connectivity index (χ0) is 34.6. The van der Waals surface area contributed by atoms with Crippen molar-refractivity contribution in [2.24, 2.45) is 20.5 Å². The molecule has 6 rings (SSSR count). The van der Waals surface area contributed by atoms with Gasteiger partial charge in [0.25, 0.3) is 30.4 Å². The Labute approximate surface area is 271 Å². The summed E-state index contributed by atoms with van der Waals surface area (Å²) in [5.74, 6) is -0.801. The van der Waals surface area contributed by atoms with E-state index in [1.807, 2.05) is 0 Å². The molecule has 5 aromatic carbocycles. The molecule has 6 aromatic rings. The third-order valence-electron chi connectivity index (χ3n) is 7.10. The number of nitrogens with zero attached hydrogens (tertiary/aromatic N) is 5. The standard InChI is InChI=1S/C29H20N6O10S3/c30-21-14-20-16(12-25(21)47(40,41)42)13-26(48(43,44)45)28(29(20)36)35-33-22-8-9-23(27-19(22)4-2-10-31-27)34-32-17-6-7-18-15(11-17)3-1-5-24(18)46(37,38)39/h1-14,36H,30H2,(H,37,38,39)(H,40,41,42)(H,43,44,45)/b34-32+,35-33+. The van der Waals surface area contributed by atoms with Crippen molar-refractivity contribution in [2.45, 2.75) is 14.7 Å². The Bertz CT molecular complexity index is 2740. The first-order chi connectivity index (χ1) is 22.5. The molecule has 0 bridgehead atoms. The first-order valence-electron chi connectivity index (χ1n) is 13.3. The van der Waals surface area contributed by atoms with Crippen molar-refractivity contribution >= 4 is 91.2 Å². The van der Waals surface area contributed by atoms with Crippen LogP contribution in [0.4, 0.5) is 28.4 Å². The number of hydrogen-bond donors (Lipinski definition) is 5. The number of hydrogen-bond acceptors (Lipinski definition) is 13. The number of rotatable bonds is 7. The van der Waals surface area contributed by atoms with E-state index in [1.165, 1.54) is 42.6 Å². The second-order valence-electron chi connectivity index (χ2n) is 10.2. The Morgan fingerprint density at radius 2 is 1.25 bits per heavy atom. The second-order valence-corrected chi connectivity index (χ2v) is 14.3. The molecule has 0 unspecified atom stereocenters. The second kappa shape index (κ2) is 11.7. The van der Waals surface area contributed by atoms with Gasteiger partial charge in [0, 0.05) is 22.4 Å². The van der Waals surface area contributed by atoms with E-state index in [9.17, 15) is 44.0 Å². The maximum Gasteiger partial charge on any atom is 0.296 e. The molecule has 0 amide bonds. The lowest BCUT2D eigenvalue weighted by Crippen LogP contribution is -2.04. The fourth-order valence-corrected chi connectivity index (χ4v) is 6.97. The first-order valence-corrected chi connectivity index (χ1v) is 17.6. The number of anilines is 1. The van der Waals surface area contributed by atoms with E-state index in [0.29, 0.717) is 27.4 Å². The summed E-state index contributed by atoms with van der Waals surface area (Å²) in [5, 5.41) is 28.3. The largest absolute Gasteiger partial charge is 0.505 e. The normalized spacial score (nSPS) is 13.0. The predicted octanol–water partition coefficient (Wildman–Crippen LogP) is 6.40. The Morgan fingerprint density at radius 3 is 1.96 bits per heavy atom. The molecule has 0 aliphatic carbocycles. The van der Waals surface area contributed by atoms with Crippen LogP contribution in [0.25, 0.3) is 32.4 Å². The molecule has 0 radical (unpaired) electrons. The monoisotopic (exact) mass is 708 g/mol. The summed E-state index contributed by atoms with van der Waals surface area (Å²) in [6, 6.07) is 17.8. The molecule has 244 valence electrons. The van der Waals surface area contributed by atoms with Crippen molar-refractivity contribution in [3.63, 3.8) is 0 Å². The Hall–Kier alpha value is -5.44. The van der Waals surface area contributed by atoms with Gasteiger partial charge in [-0.05, 0) is 71.4 Å². The number of phenols is 1. The summed E-state index contributed by atoms with van der Waals surface area (Å²) in [6.45, 7) is 0. The highest BCUT2D eigenvalue weighted by Gasteiger charge is 2.25. The number of fused-ring (bicyclic) bond motifs is 3. The minimum absolute atomic E-state index is 0.141. The van der Waals surface area contributed by atoms with Crippen LogP contribution in [0.5, 0.6) is 5.75 Å². The van der Waals surface area contributed by atoms with Crippen LogP contribution in [0.1, 0.15) is 0 Å². The van der Waals surface area contributed by atoms with Crippen LogP contribution in [0.3, 0.4) is 0 Å². The highest BCUT2D eigenvalue weighted by Crippen LogP contribution is 2.44. The van der Waals surface area contributed by atoms with Gasteiger partial charge in [0.15, 0.2) is 5.75 Å². The van der Waals surface area contributed by atoms with Gasteiger partial charge < -0.3 is 10.8 Å². The molecule has 1 aromatic heterocycles. The molecular formula is C29H20N6O10S3. The molecule has 16 nitrogen and oxygen atoms in total. The number of nitrogens with two attached hydrogens (primary N) is 1. The van der Waals surface area contributed by atoms with Crippen molar-refractivity contribution in [1.82, 2.24) is 4.98 Å². The van der Waals surface area contributed by atoms with Crippen LogP contribution in [0, 0.1) is 0 Å². The topological polar surface area (TPSA) is 272 Å². The quantitative estimate of drug-likeness (QED) is 0.0684. The summed E-state index contributed by atoms with van der Waals surface area (Å²) in [7, 11) is -14.3. The molecule has 0 spiro atoms. The molecule has 0 aliphatic heterocycles. The van der Waals surface area contributed by atoms with Crippen LogP contribution in [-0.2, 0) is 30.4 Å². The molecule has 0 atom stereocenters. The van der Waals surface area contributed by atoms with E-state index in [1.54, 1.807) is 24.3 Å². The van der Waals surface area contributed by atoms with Crippen LogP contribution >= 0.6 is 0 Å². The molecular weight excluding hydrogens is 689 g/mol. The van der Waals surface area contributed by atoms with E-state index in [4.69, 9.17) is 5.73 Å². The molecule has 0 saturated heterocycles. The summed E-state index contributed by atoms with van der Waals surface area (Å²) in [4.78, 5) is 2.43. The van der Waals surface area contributed by atoms with Crippen LogP contribution in [-0.4, -0.2) is 49.0 Å². The van der Waals surface area contributed by atoms with Crippen molar-refractivity contribution in [1.29, 1.82) is 0 Å². The van der Waals surface area contributed by atoms with E-state index in [0.717, 1.165) is 18.2 Å². The van der Waals surface area contributed by atoms with E-state index in [2.05, 4.69) is 25.4 Å². The van der Waals surface area contributed by atoms with Crippen molar-refractivity contribution in [3.8, 4) is 5.75 Å². The predicted molar refractivity (Wildman–Crippen MR) is 174 cm³/mol. The zero-order valence-corrected chi connectivity index (χ0v) is 26.3. The van der Waals surface area contributed by atoms with Gasteiger partial charge in [0.2, 0.25) is 0 Å². The number of benzene rings is 5. The summed E-state index contributed by atoms with van der Waals surface area (Å²) in [6.07, 6.45) is 1.48. The minimum atomic E-state index is -5.06. The van der Waals surface area contributed by atoms with Gasteiger partial charge in [-0.3, -0.25) is 18.6 Å². The van der Waals surface area contributed by atoms with Crippen LogP contribution < -0.4 is 5.73 Å². The smallest absolute Gasteiger partial charge is 0.296 e. The molecule has 6 N–H and O–H groups in total. The molecule has 0 saturated carbocycles. The first kappa shape index (κ1) is 32.5. The molecule has 0 aliphatic rings. The maximum absolute atomic E-state index is 12.3. The number of aromatic nitrogens is 1. The van der Waals surface area contributed by atoms with Gasteiger partial charge in [0.05, 0.1) is 22.6 Å². The van der Waals surface area contributed by atoms with Gasteiger partial charge >= 0.3 is 0 Å². The van der Waals surface area contributed by atoms with Crippen molar-refractivity contribution < 1.29 is 44.0 Å². The third-order valence-corrected chi connectivity index (χ3v) is 9.78. The van der Waals surface area contributed by atoms with Crippen LogP contribution in [0.2, 0.25) is 0 Å². The highest BCUT2D eigenvalue weighted by molar-refractivity contribution is 7.86. The molecule has 0 fully saturated rings. The van der Waals surface area contributed by atoms with Crippen molar-refractivity contribution in [2.75, 3.05) is 5.73 Å². The van der Waals surface area contributed by atoms with Gasteiger partial charge in [-0.25, -0.2) is 0 Å². The van der Waals surface area contributed by atoms with Gasteiger partial charge in [-0.2, -0.15) is 30.4 Å². The zero-order valence-electron chi connectivity index (χ0n) is 23.9. The lowest BCUT2D eigenvalue weighted by Gasteiger charge is -2.11. The third kappa shape index (κ3) is 6.15. The number of phenolic OH excluding ortho intramolecular Hbond substituents is 1. The fraction of sp³-hybridized carbons (Fsp3) is 0. The molecule has 48 heavy (non-hydrogen) atoms. The number of nitrogen functional groups attached to an aromatic ring is 1. The number of pyridine rings is 1.